The Hall–Kier alpha value is -1.67. The average Bonchev–Trinajstić information content (AvgIpc) is 2.36. The van der Waals surface area contributed by atoms with Crippen molar-refractivity contribution >= 4 is 29.1 Å². The number of benzene rings is 3. The molecule has 2 N–H and O–H groups in total. The van der Waals surface area contributed by atoms with E-state index in [9.17, 15) is 4.57 Å². The molecular formula is C15H13O3P. The minimum Gasteiger partial charge on any atom is -0.324 e. The van der Waals surface area contributed by atoms with Crippen LogP contribution in [0.5, 0.6) is 0 Å². The van der Waals surface area contributed by atoms with Crippen molar-refractivity contribution in [2.45, 2.75) is 6.16 Å². The summed E-state index contributed by atoms with van der Waals surface area (Å²) in [6.45, 7) is 0. The van der Waals surface area contributed by atoms with E-state index >= 15 is 0 Å². The standard InChI is InChI=1S/C15H13O3P/c16-19(17,18)10-11-5-8-15-13(9-11)7-6-12-3-1-2-4-14(12)15/h1-9H,10H2,(H2,16,17,18). The Kier molecular flexibility index (Phi) is 2.90. The van der Waals surface area contributed by atoms with Crippen LogP contribution in [0.1, 0.15) is 5.56 Å². The minimum absolute atomic E-state index is 0.213. The number of hydrogen-bond donors (Lipinski definition) is 2. The Morgan fingerprint density at radius 3 is 2.32 bits per heavy atom. The van der Waals surface area contributed by atoms with Crippen molar-refractivity contribution in [3.05, 3.63) is 60.2 Å². The van der Waals surface area contributed by atoms with Crippen LogP contribution in [0.2, 0.25) is 0 Å². The smallest absolute Gasteiger partial charge is 0.324 e. The quantitative estimate of drug-likeness (QED) is 0.552. The van der Waals surface area contributed by atoms with E-state index in [0.717, 1.165) is 21.5 Å². The van der Waals surface area contributed by atoms with E-state index in [4.69, 9.17) is 9.79 Å². The largest absolute Gasteiger partial charge is 0.329 e. The highest BCUT2D eigenvalue weighted by atomic mass is 31.2. The average molecular weight is 272 g/mol. The summed E-state index contributed by atoms with van der Waals surface area (Å²) in [5.74, 6) is 0. The molecule has 4 heteroatoms. The van der Waals surface area contributed by atoms with Crippen molar-refractivity contribution in [1.29, 1.82) is 0 Å². The molecule has 0 aliphatic heterocycles. The van der Waals surface area contributed by atoms with E-state index in [1.54, 1.807) is 6.07 Å². The highest BCUT2D eigenvalue weighted by molar-refractivity contribution is 7.50. The van der Waals surface area contributed by atoms with Crippen LogP contribution in [0.25, 0.3) is 21.5 Å². The third kappa shape index (κ3) is 2.54. The lowest BCUT2D eigenvalue weighted by molar-refractivity contribution is 0.372. The molecule has 19 heavy (non-hydrogen) atoms. The second-order valence-corrected chi connectivity index (χ2v) is 6.31. The van der Waals surface area contributed by atoms with Crippen LogP contribution >= 0.6 is 7.60 Å². The summed E-state index contributed by atoms with van der Waals surface area (Å²) >= 11 is 0. The molecule has 0 unspecified atom stereocenters. The maximum atomic E-state index is 11.0. The lowest BCUT2D eigenvalue weighted by atomic mass is 10.0. The molecule has 0 atom stereocenters. The number of hydrogen-bond acceptors (Lipinski definition) is 1. The zero-order valence-electron chi connectivity index (χ0n) is 10.2. The Morgan fingerprint density at radius 2 is 1.53 bits per heavy atom. The van der Waals surface area contributed by atoms with Crippen molar-refractivity contribution in [3.63, 3.8) is 0 Å². The predicted molar refractivity (Wildman–Crippen MR) is 77.2 cm³/mol. The summed E-state index contributed by atoms with van der Waals surface area (Å²) in [5.41, 5.74) is 0.663. The van der Waals surface area contributed by atoms with Gasteiger partial charge in [-0.25, -0.2) is 0 Å². The van der Waals surface area contributed by atoms with Crippen molar-refractivity contribution in [2.75, 3.05) is 0 Å². The fraction of sp³-hybridized carbons (Fsp3) is 0.0667. The monoisotopic (exact) mass is 272 g/mol. The van der Waals surface area contributed by atoms with Gasteiger partial charge in [0.25, 0.3) is 0 Å². The maximum Gasteiger partial charge on any atom is 0.329 e. The van der Waals surface area contributed by atoms with Gasteiger partial charge in [-0.15, -0.1) is 0 Å². The van der Waals surface area contributed by atoms with Crippen LogP contribution in [0.4, 0.5) is 0 Å². The summed E-state index contributed by atoms with van der Waals surface area (Å²) in [6, 6.07) is 17.7. The molecule has 3 nitrogen and oxygen atoms in total. The third-order valence-electron chi connectivity index (χ3n) is 3.20. The summed E-state index contributed by atoms with van der Waals surface area (Å²) in [4.78, 5) is 18.1. The van der Waals surface area contributed by atoms with Crippen LogP contribution in [0.15, 0.2) is 54.6 Å². The lowest BCUT2D eigenvalue weighted by Gasteiger charge is -2.07. The van der Waals surface area contributed by atoms with Gasteiger partial charge < -0.3 is 9.79 Å². The SMILES string of the molecule is O=P(O)(O)Cc1ccc2c(ccc3ccccc32)c1. The second-order valence-electron chi connectivity index (χ2n) is 4.66. The van der Waals surface area contributed by atoms with Crippen LogP contribution in [0, 0.1) is 0 Å². The van der Waals surface area contributed by atoms with Gasteiger partial charge in [0.15, 0.2) is 0 Å². The van der Waals surface area contributed by atoms with E-state index in [0.29, 0.717) is 5.56 Å². The van der Waals surface area contributed by atoms with Gasteiger partial charge >= 0.3 is 7.60 Å². The molecular weight excluding hydrogens is 259 g/mol. The highest BCUT2D eigenvalue weighted by Gasteiger charge is 2.14. The van der Waals surface area contributed by atoms with Crippen molar-refractivity contribution in [1.82, 2.24) is 0 Å². The van der Waals surface area contributed by atoms with Gasteiger partial charge in [0.2, 0.25) is 0 Å². The van der Waals surface area contributed by atoms with Crippen LogP contribution in [-0.4, -0.2) is 9.79 Å². The minimum atomic E-state index is -4.01. The molecule has 0 amide bonds. The molecule has 0 fully saturated rings. The zero-order chi connectivity index (χ0) is 13.5. The molecule has 3 aromatic carbocycles. The first-order chi connectivity index (χ1) is 9.03. The Balaban J connectivity index is 2.20. The van der Waals surface area contributed by atoms with Crippen molar-refractivity contribution in [2.24, 2.45) is 0 Å². The van der Waals surface area contributed by atoms with Gasteiger partial charge in [-0.3, -0.25) is 4.57 Å². The van der Waals surface area contributed by atoms with Gasteiger partial charge in [-0.1, -0.05) is 54.6 Å². The molecule has 3 rings (SSSR count). The van der Waals surface area contributed by atoms with Crippen LogP contribution in [0.3, 0.4) is 0 Å². The third-order valence-corrected chi connectivity index (χ3v) is 3.98. The molecule has 3 aromatic rings. The molecule has 0 aromatic heterocycles. The molecule has 0 heterocycles. The fourth-order valence-corrected chi connectivity index (χ4v) is 3.07. The summed E-state index contributed by atoms with van der Waals surface area (Å²) in [5, 5.41) is 4.43. The van der Waals surface area contributed by atoms with Crippen molar-refractivity contribution in [3.8, 4) is 0 Å². The summed E-state index contributed by atoms with van der Waals surface area (Å²) in [6.07, 6.45) is -0.213. The highest BCUT2D eigenvalue weighted by Crippen LogP contribution is 2.39. The normalized spacial score (nSPS) is 12.1. The van der Waals surface area contributed by atoms with E-state index < -0.39 is 7.60 Å². The first kappa shape index (κ1) is 12.4. The number of rotatable bonds is 2. The van der Waals surface area contributed by atoms with Gasteiger partial charge in [0, 0.05) is 0 Å². The molecule has 0 saturated heterocycles. The molecule has 0 saturated carbocycles. The lowest BCUT2D eigenvalue weighted by Crippen LogP contribution is -1.87. The summed E-state index contributed by atoms with van der Waals surface area (Å²) < 4.78 is 11.0. The van der Waals surface area contributed by atoms with Crippen LogP contribution in [-0.2, 0) is 10.7 Å². The predicted octanol–water partition coefficient (Wildman–Crippen LogP) is 3.67. The Morgan fingerprint density at radius 1 is 0.842 bits per heavy atom. The Labute approximate surface area is 110 Å². The number of fused-ring (bicyclic) bond motifs is 3. The second kappa shape index (κ2) is 4.46. The Bertz CT molecular complexity index is 805. The van der Waals surface area contributed by atoms with E-state index in [-0.39, 0.29) is 6.16 Å². The van der Waals surface area contributed by atoms with Crippen LogP contribution < -0.4 is 0 Å². The molecule has 0 radical (unpaired) electrons. The summed E-state index contributed by atoms with van der Waals surface area (Å²) in [7, 11) is -4.01. The van der Waals surface area contributed by atoms with E-state index in [1.165, 1.54) is 0 Å². The van der Waals surface area contributed by atoms with Gasteiger partial charge in [-0.2, -0.15) is 0 Å². The van der Waals surface area contributed by atoms with Gasteiger partial charge in [-0.05, 0) is 27.1 Å². The van der Waals surface area contributed by atoms with Crippen molar-refractivity contribution < 1.29 is 14.4 Å². The molecule has 96 valence electrons. The first-order valence-electron chi connectivity index (χ1n) is 5.98. The molecule has 0 aliphatic rings. The molecule has 0 spiro atoms. The fourth-order valence-electron chi connectivity index (χ4n) is 2.40. The molecule has 0 aliphatic carbocycles. The zero-order valence-corrected chi connectivity index (χ0v) is 11.0. The van der Waals surface area contributed by atoms with Gasteiger partial charge in [0.1, 0.15) is 0 Å². The maximum absolute atomic E-state index is 11.0. The van der Waals surface area contributed by atoms with E-state index in [1.807, 2.05) is 36.4 Å². The van der Waals surface area contributed by atoms with E-state index in [2.05, 4.69) is 12.1 Å². The van der Waals surface area contributed by atoms with Gasteiger partial charge in [0.05, 0.1) is 6.16 Å². The first-order valence-corrected chi connectivity index (χ1v) is 7.78. The molecule has 0 bridgehead atoms. The topological polar surface area (TPSA) is 57.5 Å².